The van der Waals surface area contributed by atoms with Crippen LogP contribution in [0.2, 0.25) is 5.02 Å². The van der Waals surface area contributed by atoms with Crippen LogP contribution in [0.4, 0.5) is 0 Å². The molecule has 0 unspecified atom stereocenters. The van der Waals surface area contributed by atoms with Gasteiger partial charge in [-0.1, -0.05) is 11.6 Å². The predicted molar refractivity (Wildman–Crippen MR) is 92.0 cm³/mol. The molecule has 2 aromatic heterocycles. The third-order valence-electron chi connectivity index (χ3n) is 4.24. The lowest BCUT2D eigenvalue weighted by molar-refractivity contribution is 0.235. The summed E-state index contributed by atoms with van der Waals surface area (Å²) in [6.07, 6.45) is 2.82. The summed E-state index contributed by atoms with van der Waals surface area (Å²) in [5.74, 6) is 1.44. The summed E-state index contributed by atoms with van der Waals surface area (Å²) in [6.45, 7) is 4.10. The molecule has 0 radical (unpaired) electrons. The fourth-order valence-electron chi connectivity index (χ4n) is 3.04. The van der Waals surface area contributed by atoms with E-state index in [0.29, 0.717) is 28.3 Å². The van der Waals surface area contributed by atoms with Crippen molar-refractivity contribution in [2.24, 2.45) is 0 Å². The lowest BCUT2D eigenvalue weighted by Gasteiger charge is -2.27. The quantitative estimate of drug-likeness (QED) is 0.773. The Morgan fingerprint density at radius 1 is 1.33 bits per heavy atom. The van der Waals surface area contributed by atoms with Crippen LogP contribution in [0, 0.1) is 6.92 Å². The van der Waals surface area contributed by atoms with Gasteiger partial charge >= 0.3 is 0 Å². The van der Waals surface area contributed by atoms with Gasteiger partial charge in [0, 0.05) is 24.3 Å². The molecule has 3 aromatic rings. The molecular formula is C17H16ClN5O. The summed E-state index contributed by atoms with van der Waals surface area (Å²) in [7, 11) is 0. The van der Waals surface area contributed by atoms with Gasteiger partial charge in [0.15, 0.2) is 0 Å². The molecule has 0 saturated heterocycles. The van der Waals surface area contributed by atoms with E-state index in [1.807, 2.05) is 13.1 Å². The Labute approximate surface area is 143 Å². The van der Waals surface area contributed by atoms with Gasteiger partial charge in [0.2, 0.25) is 0 Å². The second-order valence-corrected chi connectivity index (χ2v) is 6.46. The van der Waals surface area contributed by atoms with Crippen LogP contribution in [-0.4, -0.2) is 31.4 Å². The van der Waals surface area contributed by atoms with Crippen molar-refractivity contribution >= 4 is 22.5 Å². The fraction of sp³-hybridized carbons (Fsp3) is 0.294. The Kier molecular flexibility index (Phi) is 3.78. The van der Waals surface area contributed by atoms with Crippen LogP contribution in [0.25, 0.3) is 10.9 Å². The third-order valence-corrected chi connectivity index (χ3v) is 4.47. The Morgan fingerprint density at radius 3 is 3.08 bits per heavy atom. The van der Waals surface area contributed by atoms with E-state index in [1.54, 1.807) is 18.2 Å². The van der Waals surface area contributed by atoms with Crippen LogP contribution in [0.3, 0.4) is 0 Å². The molecule has 0 atom stereocenters. The van der Waals surface area contributed by atoms with E-state index in [4.69, 9.17) is 11.6 Å². The van der Waals surface area contributed by atoms with Gasteiger partial charge in [0.25, 0.3) is 5.56 Å². The molecule has 0 bridgehead atoms. The van der Waals surface area contributed by atoms with E-state index in [-0.39, 0.29) is 5.56 Å². The Balaban J connectivity index is 1.61. The lowest BCUT2D eigenvalue weighted by Crippen LogP contribution is -2.32. The van der Waals surface area contributed by atoms with E-state index >= 15 is 0 Å². The van der Waals surface area contributed by atoms with Gasteiger partial charge < -0.3 is 4.98 Å². The Morgan fingerprint density at radius 2 is 2.21 bits per heavy atom. The molecule has 1 aromatic carbocycles. The van der Waals surface area contributed by atoms with E-state index < -0.39 is 0 Å². The lowest BCUT2D eigenvalue weighted by atomic mass is 10.1. The van der Waals surface area contributed by atoms with Crippen molar-refractivity contribution in [2.45, 2.75) is 26.4 Å². The largest absolute Gasteiger partial charge is 0.309 e. The van der Waals surface area contributed by atoms with Crippen molar-refractivity contribution in [1.82, 2.24) is 24.8 Å². The molecule has 1 aliphatic rings. The van der Waals surface area contributed by atoms with Crippen molar-refractivity contribution in [3.05, 3.63) is 62.7 Å². The molecule has 1 N–H and O–H groups in total. The number of H-pyrrole nitrogens is 1. The molecule has 4 rings (SSSR count). The number of fused-ring (bicyclic) bond motifs is 2. The van der Waals surface area contributed by atoms with E-state index in [1.165, 1.54) is 5.56 Å². The second kappa shape index (κ2) is 5.96. The van der Waals surface area contributed by atoms with Crippen LogP contribution in [0.1, 0.15) is 22.9 Å². The molecule has 0 amide bonds. The summed E-state index contributed by atoms with van der Waals surface area (Å²) >= 11 is 5.95. The van der Waals surface area contributed by atoms with Crippen molar-refractivity contribution < 1.29 is 0 Å². The van der Waals surface area contributed by atoms with Gasteiger partial charge in [-0.3, -0.25) is 9.69 Å². The molecular weight excluding hydrogens is 326 g/mol. The zero-order chi connectivity index (χ0) is 16.7. The summed E-state index contributed by atoms with van der Waals surface area (Å²) in [5.41, 5.74) is 2.76. The van der Waals surface area contributed by atoms with Gasteiger partial charge in [-0.05, 0) is 37.1 Å². The van der Waals surface area contributed by atoms with Gasteiger partial charge in [-0.25, -0.2) is 15.0 Å². The highest BCUT2D eigenvalue weighted by Gasteiger charge is 2.19. The SMILES string of the molecule is Cc1ncc2c(n1)CN(Cc1nc3ccc(Cl)cc3c(=O)[nH]1)CC2. The van der Waals surface area contributed by atoms with Crippen LogP contribution in [0.15, 0.2) is 29.2 Å². The van der Waals surface area contributed by atoms with Gasteiger partial charge in [-0.2, -0.15) is 0 Å². The zero-order valence-electron chi connectivity index (χ0n) is 13.2. The molecule has 3 heterocycles. The average Bonchev–Trinajstić information content (AvgIpc) is 2.55. The topological polar surface area (TPSA) is 74.8 Å². The highest BCUT2D eigenvalue weighted by atomic mass is 35.5. The fourth-order valence-corrected chi connectivity index (χ4v) is 3.21. The summed E-state index contributed by atoms with van der Waals surface area (Å²) in [4.78, 5) is 30.7. The predicted octanol–water partition coefficient (Wildman–Crippen LogP) is 2.23. The first-order chi connectivity index (χ1) is 11.6. The summed E-state index contributed by atoms with van der Waals surface area (Å²) in [6, 6.07) is 5.17. The minimum absolute atomic E-state index is 0.159. The number of benzene rings is 1. The van der Waals surface area contributed by atoms with E-state index in [9.17, 15) is 4.79 Å². The van der Waals surface area contributed by atoms with Gasteiger partial charge in [0.05, 0.1) is 23.1 Å². The molecule has 0 spiro atoms. The van der Waals surface area contributed by atoms with Crippen LogP contribution in [0.5, 0.6) is 0 Å². The first-order valence-corrected chi connectivity index (χ1v) is 8.18. The minimum atomic E-state index is -0.159. The maximum Gasteiger partial charge on any atom is 0.258 e. The van der Waals surface area contributed by atoms with Crippen LogP contribution < -0.4 is 5.56 Å². The van der Waals surface area contributed by atoms with Crippen LogP contribution in [-0.2, 0) is 19.5 Å². The number of halogens is 1. The normalized spacial score (nSPS) is 14.8. The molecule has 0 fully saturated rings. The zero-order valence-corrected chi connectivity index (χ0v) is 14.0. The molecule has 24 heavy (non-hydrogen) atoms. The van der Waals surface area contributed by atoms with Crippen molar-refractivity contribution in [3.8, 4) is 0 Å². The average molecular weight is 342 g/mol. The number of aromatic amines is 1. The number of nitrogens with zero attached hydrogens (tertiary/aromatic N) is 4. The third kappa shape index (κ3) is 2.90. The Bertz CT molecular complexity index is 984. The minimum Gasteiger partial charge on any atom is -0.309 e. The highest BCUT2D eigenvalue weighted by Crippen LogP contribution is 2.18. The molecule has 6 nitrogen and oxygen atoms in total. The molecule has 1 aliphatic heterocycles. The van der Waals surface area contributed by atoms with E-state index in [0.717, 1.165) is 31.0 Å². The maximum atomic E-state index is 12.2. The van der Waals surface area contributed by atoms with Gasteiger partial charge in [0.1, 0.15) is 11.6 Å². The number of hydrogen-bond donors (Lipinski definition) is 1. The van der Waals surface area contributed by atoms with Crippen molar-refractivity contribution in [2.75, 3.05) is 6.54 Å². The first-order valence-electron chi connectivity index (χ1n) is 7.81. The number of hydrogen-bond acceptors (Lipinski definition) is 5. The van der Waals surface area contributed by atoms with Crippen molar-refractivity contribution in [3.63, 3.8) is 0 Å². The standard InChI is InChI=1S/C17H16ClN5O/c1-10-19-7-11-4-5-23(8-15(11)20-10)9-16-21-14-3-2-12(18)6-13(14)17(24)22-16/h2-3,6-7H,4-5,8-9H2,1H3,(H,21,22,24). The number of aromatic nitrogens is 4. The summed E-state index contributed by atoms with van der Waals surface area (Å²) < 4.78 is 0. The first kappa shape index (κ1) is 15.2. The van der Waals surface area contributed by atoms with Gasteiger partial charge in [-0.15, -0.1) is 0 Å². The molecule has 7 heteroatoms. The van der Waals surface area contributed by atoms with Crippen molar-refractivity contribution in [1.29, 1.82) is 0 Å². The summed E-state index contributed by atoms with van der Waals surface area (Å²) in [5, 5.41) is 1.05. The van der Waals surface area contributed by atoms with E-state index in [2.05, 4.69) is 24.8 Å². The molecule has 0 aliphatic carbocycles. The maximum absolute atomic E-state index is 12.2. The van der Waals surface area contributed by atoms with Crippen LogP contribution >= 0.6 is 11.6 Å². The number of aryl methyl sites for hydroxylation is 1. The monoisotopic (exact) mass is 341 g/mol. The number of nitrogens with one attached hydrogen (secondary N) is 1. The smallest absolute Gasteiger partial charge is 0.258 e. The number of rotatable bonds is 2. The Hall–Kier alpha value is -2.31. The molecule has 122 valence electrons. The second-order valence-electron chi connectivity index (χ2n) is 6.02. The molecule has 0 saturated carbocycles. The highest BCUT2D eigenvalue weighted by molar-refractivity contribution is 6.31.